The number of benzene rings is 6. The first-order chi connectivity index (χ1) is 18.9. The maximum atomic E-state index is 2.54. The van der Waals surface area contributed by atoms with Crippen LogP contribution in [0.3, 0.4) is 0 Å². The Morgan fingerprint density at radius 1 is 0.447 bits per heavy atom. The van der Waals surface area contributed by atoms with Crippen molar-refractivity contribution in [3.63, 3.8) is 0 Å². The summed E-state index contributed by atoms with van der Waals surface area (Å²) < 4.78 is 2.54. The highest BCUT2D eigenvalue weighted by Crippen LogP contribution is 2.39. The molecule has 2 heteroatoms. The monoisotopic (exact) mass is 499 g/mol. The highest BCUT2D eigenvalue weighted by Gasteiger charge is 2.47. The zero-order chi connectivity index (χ0) is 25.1. The molecule has 0 saturated carbocycles. The summed E-state index contributed by atoms with van der Waals surface area (Å²) in [5, 5.41) is 8.41. The molecule has 0 N–H and O–H groups in total. The van der Waals surface area contributed by atoms with Gasteiger partial charge in [0.25, 0.3) is 0 Å². The number of hydrogen-bond acceptors (Lipinski definition) is 0. The van der Waals surface area contributed by atoms with Gasteiger partial charge in [0.2, 0.25) is 0 Å². The van der Waals surface area contributed by atoms with Crippen LogP contribution in [0, 0.1) is 0 Å². The van der Waals surface area contributed by atoms with Crippen LogP contribution < -0.4 is 20.7 Å². The molecule has 1 aliphatic rings. The molecule has 0 aliphatic carbocycles. The summed E-state index contributed by atoms with van der Waals surface area (Å²) in [4.78, 5) is 0. The minimum Gasteiger partial charge on any atom is -0.309 e. The molecular weight excluding hydrogens is 474 g/mol. The normalized spacial score (nSPS) is 13.5. The predicted molar refractivity (Wildman–Crippen MR) is 163 cm³/mol. The highest BCUT2D eigenvalue weighted by atomic mass is 28.3. The molecule has 1 aromatic heterocycles. The molecule has 178 valence electrons. The van der Waals surface area contributed by atoms with Gasteiger partial charge in [-0.05, 0) is 44.0 Å². The molecule has 1 nitrogen and oxygen atoms in total. The Bertz CT molecular complexity index is 1910. The van der Waals surface area contributed by atoms with Crippen molar-refractivity contribution in [2.75, 3.05) is 0 Å². The molecule has 0 fully saturated rings. The fraction of sp³-hybridized carbons (Fsp3) is 0. The summed E-state index contributed by atoms with van der Waals surface area (Å²) in [6.45, 7) is 0. The van der Waals surface area contributed by atoms with E-state index in [1.807, 2.05) is 0 Å². The molecule has 6 aromatic carbocycles. The van der Waals surface area contributed by atoms with Gasteiger partial charge in [0, 0.05) is 16.5 Å². The molecule has 0 saturated heterocycles. The third kappa shape index (κ3) is 2.75. The Kier molecular flexibility index (Phi) is 4.61. The molecule has 7 aromatic rings. The third-order valence-electron chi connectivity index (χ3n) is 8.26. The van der Waals surface area contributed by atoms with E-state index in [1.54, 1.807) is 0 Å². The third-order valence-corrected chi connectivity index (χ3v) is 13.1. The van der Waals surface area contributed by atoms with Crippen LogP contribution in [-0.4, -0.2) is 12.6 Å². The van der Waals surface area contributed by atoms with Gasteiger partial charge in [-0.15, -0.1) is 0 Å². The number of rotatable bonds is 3. The lowest BCUT2D eigenvalue weighted by atomic mass is 9.99. The summed E-state index contributed by atoms with van der Waals surface area (Å²) in [6.07, 6.45) is 0. The number of nitrogens with zero attached hydrogens (tertiary/aromatic N) is 1. The topological polar surface area (TPSA) is 4.93 Å². The Balaban J connectivity index is 1.63. The van der Waals surface area contributed by atoms with Crippen molar-refractivity contribution in [3.05, 3.63) is 152 Å². The van der Waals surface area contributed by atoms with Crippen molar-refractivity contribution in [2.45, 2.75) is 0 Å². The van der Waals surface area contributed by atoms with Gasteiger partial charge >= 0.3 is 0 Å². The van der Waals surface area contributed by atoms with Crippen LogP contribution in [0.2, 0.25) is 0 Å². The van der Waals surface area contributed by atoms with Crippen LogP contribution in [0.1, 0.15) is 0 Å². The van der Waals surface area contributed by atoms with Gasteiger partial charge in [-0.3, -0.25) is 0 Å². The minimum absolute atomic E-state index is 1.25. The van der Waals surface area contributed by atoms with E-state index in [0.717, 1.165) is 0 Å². The standard InChI is InChI=1S/C36H25NSi/c1-4-14-26(15-5-1)29-20-12-23-32-35(29)30-21-13-25-34-36(30)37(32)31-22-10-11-24-33(31)38(34,27-16-6-2-7-17-27)28-18-8-3-9-19-28/h1-25H. The SMILES string of the molecule is c1ccc(-c2cccc3c2c2cccc4c2n3-c2ccccc2[Si]4(c2ccccc2)c2ccccc2)cc1. The average Bonchev–Trinajstić information content (AvgIpc) is 3.35. The van der Waals surface area contributed by atoms with Gasteiger partial charge in [-0.2, -0.15) is 0 Å². The van der Waals surface area contributed by atoms with E-state index < -0.39 is 8.07 Å². The minimum atomic E-state index is -2.59. The molecule has 0 spiro atoms. The molecule has 0 unspecified atom stereocenters. The van der Waals surface area contributed by atoms with E-state index in [0.29, 0.717) is 0 Å². The summed E-state index contributed by atoms with van der Waals surface area (Å²) >= 11 is 0. The quantitative estimate of drug-likeness (QED) is 0.257. The van der Waals surface area contributed by atoms with E-state index in [1.165, 1.54) is 59.4 Å². The fourth-order valence-electron chi connectivity index (χ4n) is 6.82. The van der Waals surface area contributed by atoms with E-state index in [-0.39, 0.29) is 0 Å². The van der Waals surface area contributed by atoms with Crippen LogP contribution in [0.15, 0.2) is 152 Å². The van der Waals surface area contributed by atoms with Crippen LogP contribution in [0.4, 0.5) is 0 Å². The van der Waals surface area contributed by atoms with Crippen molar-refractivity contribution in [1.29, 1.82) is 0 Å². The van der Waals surface area contributed by atoms with Crippen LogP contribution in [0.5, 0.6) is 0 Å². The van der Waals surface area contributed by atoms with Gasteiger partial charge in [-0.1, -0.05) is 140 Å². The van der Waals surface area contributed by atoms with E-state index >= 15 is 0 Å². The largest absolute Gasteiger partial charge is 0.309 e. The Morgan fingerprint density at radius 2 is 1.03 bits per heavy atom. The molecule has 8 rings (SSSR count). The number of hydrogen-bond donors (Lipinski definition) is 0. The first-order valence-corrected chi connectivity index (χ1v) is 15.2. The van der Waals surface area contributed by atoms with Crippen molar-refractivity contribution in [3.8, 4) is 16.8 Å². The number of para-hydroxylation sites is 2. The molecule has 0 bridgehead atoms. The molecule has 1 aliphatic heterocycles. The van der Waals surface area contributed by atoms with Crippen molar-refractivity contribution >= 4 is 50.6 Å². The van der Waals surface area contributed by atoms with Crippen molar-refractivity contribution in [2.24, 2.45) is 0 Å². The summed E-state index contributed by atoms with van der Waals surface area (Å²) in [6, 6.07) is 56.2. The molecule has 38 heavy (non-hydrogen) atoms. The Labute approximate surface area is 223 Å². The average molecular weight is 500 g/mol. The second-order valence-corrected chi connectivity index (χ2v) is 13.8. The Hall–Kier alpha value is -4.66. The molecule has 2 heterocycles. The van der Waals surface area contributed by atoms with Crippen LogP contribution >= 0.6 is 0 Å². The van der Waals surface area contributed by atoms with Crippen molar-refractivity contribution in [1.82, 2.24) is 4.57 Å². The second-order valence-electron chi connectivity index (χ2n) is 10.1. The zero-order valence-corrected chi connectivity index (χ0v) is 21.9. The van der Waals surface area contributed by atoms with E-state index in [4.69, 9.17) is 0 Å². The molecular formula is C36H25NSi. The van der Waals surface area contributed by atoms with Gasteiger partial charge < -0.3 is 4.57 Å². The summed E-state index contributed by atoms with van der Waals surface area (Å²) in [5.74, 6) is 0. The lowest BCUT2D eigenvalue weighted by Gasteiger charge is -2.39. The van der Waals surface area contributed by atoms with Gasteiger partial charge in [0.15, 0.2) is 8.07 Å². The van der Waals surface area contributed by atoms with E-state index in [2.05, 4.69) is 156 Å². The smallest absolute Gasteiger partial charge is 0.184 e. The van der Waals surface area contributed by atoms with Crippen LogP contribution in [0.25, 0.3) is 38.6 Å². The first kappa shape index (κ1) is 21.4. The molecule has 0 atom stereocenters. The van der Waals surface area contributed by atoms with Crippen LogP contribution in [-0.2, 0) is 0 Å². The highest BCUT2D eigenvalue weighted by molar-refractivity contribution is 7.21. The number of fused-ring (bicyclic) bond motifs is 5. The predicted octanol–water partition coefficient (Wildman–Crippen LogP) is 6.14. The lowest BCUT2D eigenvalue weighted by molar-refractivity contribution is 1.19. The summed E-state index contributed by atoms with van der Waals surface area (Å²) in [7, 11) is -2.59. The fourth-order valence-corrected chi connectivity index (χ4v) is 11.9. The maximum absolute atomic E-state index is 2.59. The first-order valence-electron chi connectivity index (χ1n) is 13.2. The van der Waals surface area contributed by atoms with E-state index in [9.17, 15) is 0 Å². The molecule has 0 amide bonds. The molecule has 0 radical (unpaired) electrons. The zero-order valence-electron chi connectivity index (χ0n) is 20.9. The Morgan fingerprint density at radius 3 is 1.74 bits per heavy atom. The number of aromatic nitrogens is 1. The van der Waals surface area contributed by atoms with Gasteiger partial charge in [0.1, 0.15) is 0 Å². The lowest BCUT2D eigenvalue weighted by Crippen LogP contribution is -2.76. The van der Waals surface area contributed by atoms with Gasteiger partial charge in [-0.25, -0.2) is 0 Å². The summed E-state index contributed by atoms with van der Waals surface area (Å²) in [5.41, 5.74) is 6.46. The van der Waals surface area contributed by atoms with Crippen molar-refractivity contribution < 1.29 is 0 Å². The van der Waals surface area contributed by atoms with Gasteiger partial charge in [0.05, 0.1) is 11.0 Å². The maximum Gasteiger partial charge on any atom is 0.184 e. The second kappa shape index (κ2) is 8.17.